The molecule has 0 atom stereocenters. The van der Waals surface area contributed by atoms with Crippen molar-refractivity contribution in [3.8, 4) is 11.1 Å². The number of sulfonamides is 1. The second-order valence-electron chi connectivity index (χ2n) is 6.52. The van der Waals surface area contributed by atoms with Crippen LogP contribution in [0.25, 0.3) is 11.1 Å². The second-order valence-corrected chi connectivity index (χ2v) is 8.29. The third kappa shape index (κ3) is 4.55. The standard InChI is InChI=1S/C20H23NO3S/c22-20(17-10-5-2-6-11-17)15-21-25(23,24)19-13-7-12-18(14-19)16-8-3-1-4-9-16/h1,3-4,7-9,12-14,17,21H,2,5-6,10-11,15H2. The maximum Gasteiger partial charge on any atom is 0.240 e. The van der Waals surface area contributed by atoms with Gasteiger partial charge in [0.2, 0.25) is 10.0 Å². The van der Waals surface area contributed by atoms with E-state index in [1.54, 1.807) is 18.2 Å². The Kier molecular flexibility index (Phi) is 5.66. The first-order valence-electron chi connectivity index (χ1n) is 8.74. The fourth-order valence-corrected chi connectivity index (χ4v) is 4.33. The molecule has 2 aromatic carbocycles. The average Bonchev–Trinajstić information content (AvgIpc) is 2.68. The van der Waals surface area contributed by atoms with Gasteiger partial charge >= 0.3 is 0 Å². The average molecular weight is 357 g/mol. The summed E-state index contributed by atoms with van der Waals surface area (Å²) in [6.45, 7) is -0.122. The summed E-state index contributed by atoms with van der Waals surface area (Å²) in [5, 5.41) is 0. The largest absolute Gasteiger partial charge is 0.298 e. The molecule has 0 amide bonds. The zero-order valence-corrected chi connectivity index (χ0v) is 15.0. The van der Waals surface area contributed by atoms with E-state index in [4.69, 9.17) is 0 Å². The minimum absolute atomic E-state index is 0.00230. The van der Waals surface area contributed by atoms with Crippen LogP contribution in [0.1, 0.15) is 32.1 Å². The summed E-state index contributed by atoms with van der Waals surface area (Å²) in [6, 6.07) is 16.4. The van der Waals surface area contributed by atoms with Gasteiger partial charge in [-0.2, -0.15) is 0 Å². The minimum atomic E-state index is -3.70. The smallest absolute Gasteiger partial charge is 0.240 e. The molecule has 1 saturated carbocycles. The number of Topliss-reactive ketones (excluding diaryl/α,β-unsaturated/α-hetero) is 1. The molecule has 25 heavy (non-hydrogen) atoms. The lowest BCUT2D eigenvalue weighted by atomic mass is 9.86. The molecule has 4 nitrogen and oxygen atoms in total. The van der Waals surface area contributed by atoms with Gasteiger partial charge in [-0.05, 0) is 36.1 Å². The predicted molar refractivity (Wildman–Crippen MR) is 98.6 cm³/mol. The highest BCUT2D eigenvalue weighted by Crippen LogP contribution is 2.25. The SMILES string of the molecule is O=C(CNS(=O)(=O)c1cccc(-c2ccccc2)c1)C1CCCCC1. The zero-order valence-electron chi connectivity index (χ0n) is 14.1. The molecule has 0 aliphatic heterocycles. The van der Waals surface area contributed by atoms with Gasteiger partial charge in [-0.25, -0.2) is 13.1 Å². The van der Waals surface area contributed by atoms with E-state index in [0.717, 1.165) is 36.8 Å². The molecule has 0 unspecified atom stereocenters. The van der Waals surface area contributed by atoms with Crippen LogP contribution in [0.5, 0.6) is 0 Å². The molecule has 0 aromatic heterocycles. The van der Waals surface area contributed by atoms with Crippen LogP contribution >= 0.6 is 0 Å². The van der Waals surface area contributed by atoms with Gasteiger partial charge in [0.15, 0.2) is 5.78 Å². The van der Waals surface area contributed by atoms with Gasteiger partial charge in [-0.3, -0.25) is 4.79 Å². The number of carbonyl (C=O) groups excluding carboxylic acids is 1. The fourth-order valence-electron chi connectivity index (χ4n) is 3.29. The molecule has 0 radical (unpaired) electrons. The van der Waals surface area contributed by atoms with Gasteiger partial charge in [0.05, 0.1) is 11.4 Å². The highest BCUT2D eigenvalue weighted by molar-refractivity contribution is 7.89. The maximum absolute atomic E-state index is 12.5. The topological polar surface area (TPSA) is 63.2 Å². The first-order valence-corrected chi connectivity index (χ1v) is 10.2. The molecule has 0 saturated heterocycles. The summed E-state index contributed by atoms with van der Waals surface area (Å²) >= 11 is 0. The molecule has 0 heterocycles. The van der Waals surface area contributed by atoms with Crippen LogP contribution in [0.2, 0.25) is 0 Å². The number of hydrogen-bond acceptors (Lipinski definition) is 3. The molecule has 2 aromatic rings. The number of ketones is 1. The molecule has 0 spiro atoms. The van der Waals surface area contributed by atoms with Gasteiger partial charge in [-0.1, -0.05) is 61.7 Å². The van der Waals surface area contributed by atoms with Crippen molar-refractivity contribution >= 4 is 15.8 Å². The third-order valence-electron chi connectivity index (χ3n) is 4.75. The number of hydrogen-bond donors (Lipinski definition) is 1. The Bertz CT molecular complexity index is 825. The third-order valence-corrected chi connectivity index (χ3v) is 6.15. The summed E-state index contributed by atoms with van der Waals surface area (Å²) in [5.41, 5.74) is 1.79. The van der Waals surface area contributed by atoms with Crippen molar-refractivity contribution in [1.29, 1.82) is 0 Å². The molecule has 132 valence electrons. The van der Waals surface area contributed by atoms with Gasteiger partial charge in [-0.15, -0.1) is 0 Å². The maximum atomic E-state index is 12.5. The van der Waals surface area contributed by atoms with Crippen LogP contribution < -0.4 is 4.72 Å². The minimum Gasteiger partial charge on any atom is -0.298 e. The van der Waals surface area contributed by atoms with Crippen molar-refractivity contribution in [2.45, 2.75) is 37.0 Å². The van der Waals surface area contributed by atoms with Crippen molar-refractivity contribution in [3.05, 3.63) is 54.6 Å². The Balaban J connectivity index is 1.71. The van der Waals surface area contributed by atoms with Gasteiger partial charge in [0.25, 0.3) is 0 Å². The number of carbonyl (C=O) groups is 1. The van der Waals surface area contributed by atoms with Crippen molar-refractivity contribution in [2.24, 2.45) is 5.92 Å². The van der Waals surface area contributed by atoms with Crippen LogP contribution in [0, 0.1) is 5.92 Å². The first kappa shape index (κ1) is 17.8. The van der Waals surface area contributed by atoms with Crippen LogP contribution in [0.4, 0.5) is 0 Å². The van der Waals surface area contributed by atoms with Crippen LogP contribution in [-0.4, -0.2) is 20.7 Å². The van der Waals surface area contributed by atoms with E-state index in [9.17, 15) is 13.2 Å². The monoisotopic (exact) mass is 357 g/mol. The molecule has 3 rings (SSSR count). The number of nitrogens with one attached hydrogen (secondary N) is 1. The zero-order chi connectivity index (χ0) is 17.7. The van der Waals surface area contributed by atoms with E-state index in [-0.39, 0.29) is 23.1 Å². The van der Waals surface area contributed by atoms with Crippen molar-refractivity contribution < 1.29 is 13.2 Å². The highest BCUT2D eigenvalue weighted by atomic mass is 32.2. The Hall–Kier alpha value is -1.98. The molecule has 1 aliphatic rings. The van der Waals surface area contributed by atoms with Gasteiger partial charge < -0.3 is 0 Å². The second kappa shape index (κ2) is 7.93. The summed E-state index contributed by atoms with van der Waals surface area (Å²) in [7, 11) is -3.70. The van der Waals surface area contributed by atoms with E-state index in [1.165, 1.54) is 6.42 Å². The normalized spacial score (nSPS) is 15.8. The van der Waals surface area contributed by atoms with E-state index in [0.29, 0.717) is 0 Å². The molecule has 1 N–H and O–H groups in total. The number of rotatable bonds is 6. The van der Waals surface area contributed by atoms with Gasteiger partial charge in [0, 0.05) is 5.92 Å². The molecule has 5 heteroatoms. The lowest BCUT2D eigenvalue weighted by Crippen LogP contribution is -2.33. The fraction of sp³-hybridized carbons (Fsp3) is 0.350. The summed E-state index contributed by atoms with van der Waals surface area (Å²) < 4.78 is 27.6. The van der Waals surface area contributed by atoms with E-state index in [1.807, 2.05) is 36.4 Å². The summed E-state index contributed by atoms with van der Waals surface area (Å²) in [6.07, 6.45) is 5.04. The Morgan fingerprint density at radius 2 is 1.60 bits per heavy atom. The van der Waals surface area contributed by atoms with Crippen LogP contribution in [-0.2, 0) is 14.8 Å². The first-order chi connectivity index (χ1) is 12.1. The Morgan fingerprint density at radius 1 is 0.920 bits per heavy atom. The van der Waals surface area contributed by atoms with Crippen LogP contribution in [0.3, 0.4) is 0 Å². The molecule has 1 fully saturated rings. The predicted octanol–water partition coefficient (Wildman–Crippen LogP) is 3.78. The van der Waals surface area contributed by atoms with E-state index >= 15 is 0 Å². The molecule has 1 aliphatic carbocycles. The lowest BCUT2D eigenvalue weighted by Gasteiger charge is -2.20. The van der Waals surface area contributed by atoms with Crippen molar-refractivity contribution in [1.82, 2.24) is 4.72 Å². The molecular weight excluding hydrogens is 334 g/mol. The Labute approximate surface area is 149 Å². The lowest BCUT2D eigenvalue weighted by molar-refractivity contribution is -0.122. The summed E-state index contributed by atoms with van der Waals surface area (Å²) in [4.78, 5) is 12.4. The molecular formula is C20H23NO3S. The highest BCUT2D eigenvalue weighted by Gasteiger charge is 2.23. The number of benzene rings is 2. The quantitative estimate of drug-likeness (QED) is 0.856. The van der Waals surface area contributed by atoms with E-state index < -0.39 is 10.0 Å². The van der Waals surface area contributed by atoms with Crippen molar-refractivity contribution in [2.75, 3.05) is 6.54 Å². The van der Waals surface area contributed by atoms with E-state index in [2.05, 4.69) is 4.72 Å². The Morgan fingerprint density at radius 3 is 2.32 bits per heavy atom. The van der Waals surface area contributed by atoms with Crippen LogP contribution in [0.15, 0.2) is 59.5 Å². The summed E-state index contributed by atoms with van der Waals surface area (Å²) in [5.74, 6) is 0.00888. The van der Waals surface area contributed by atoms with Crippen molar-refractivity contribution in [3.63, 3.8) is 0 Å². The van der Waals surface area contributed by atoms with Gasteiger partial charge in [0.1, 0.15) is 0 Å². The molecule has 0 bridgehead atoms.